The van der Waals surface area contributed by atoms with E-state index in [1.54, 1.807) is 18.2 Å². The number of aryl methyl sites for hydroxylation is 1. The highest BCUT2D eigenvalue weighted by molar-refractivity contribution is 5.80. The zero-order chi connectivity index (χ0) is 17.8. The number of likely N-dealkylation sites (tertiary alicyclic amines) is 1. The van der Waals surface area contributed by atoms with Crippen LogP contribution < -0.4 is 16.4 Å². The maximum absolute atomic E-state index is 12.4. The van der Waals surface area contributed by atoms with Gasteiger partial charge in [0.25, 0.3) is 0 Å². The van der Waals surface area contributed by atoms with Gasteiger partial charge in [0.2, 0.25) is 5.91 Å². The van der Waals surface area contributed by atoms with Crippen LogP contribution >= 0.6 is 0 Å². The fourth-order valence-corrected chi connectivity index (χ4v) is 3.40. The first kappa shape index (κ1) is 17.4. The smallest absolute Gasteiger partial charge is 0.317 e. The lowest BCUT2D eigenvalue weighted by molar-refractivity contribution is -0.121. The van der Waals surface area contributed by atoms with Gasteiger partial charge in [0.1, 0.15) is 6.54 Å². The van der Waals surface area contributed by atoms with Crippen molar-refractivity contribution in [3.8, 4) is 0 Å². The van der Waals surface area contributed by atoms with Gasteiger partial charge in [0.15, 0.2) is 0 Å². The van der Waals surface area contributed by atoms with Crippen molar-refractivity contribution in [1.29, 1.82) is 0 Å². The number of nitrogens with one attached hydrogen (secondary N) is 1. The normalized spacial score (nSPS) is 14.9. The van der Waals surface area contributed by atoms with E-state index in [1.165, 1.54) is 22.0 Å². The lowest BCUT2D eigenvalue weighted by Gasteiger charge is -2.16. The van der Waals surface area contributed by atoms with E-state index >= 15 is 0 Å². The predicted octanol–water partition coefficient (Wildman–Crippen LogP) is 0.395. The molecule has 0 aliphatic carbocycles. The second-order valence-corrected chi connectivity index (χ2v) is 6.33. The molecule has 0 bridgehead atoms. The quantitative estimate of drug-likeness (QED) is 0.770. The molecule has 1 aromatic carbocycles. The highest BCUT2D eigenvalue weighted by Gasteiger charge is 2.15. The third kappa shape index (κ3) is 3.66. The third-order valence-corrected chi connectivity index (χ3v) is 4.70. The van der Waals surface area contributed by atoms with E-state index in [9.17, 15) is 14.4 Å². The van der Waals surface area contributed by atoms with Crippen LogP contribution in [0.5, 0.6) is 0 Å². The minimum atomic E-state index is -0.657. The predicted molar refractivity (Wildman–Crippen MR) is 96.8 cm³/mol. The van der Waals surface area contributed by atoms with Crippen molar-refractivity contribution < 1.29 is 4.79 Å². The summed E-state index contributed by atoms with van der Waals surface area (Å²) in [7, 11) is 0. The molecule has 1 N–H and O–H groups in total. The Labute approximate surface area is 145 Å². The van der Waals surface area contributed by atoms with Gasteiger partial charge in [-0.25, -0.2) is 0 Å². The van der Waals surface area contributed by atoms with Gasteiger partial charge in [-0.05, 0) is 45.0 Å². The van der Waals surface area contributed by atoms with Crippen molar-refractivity contribution in [1.82, 2.24) is 19.4 Å². The van der Waals surface area contributed by atoms with Crippen molar-refractivity contribution in [2.75, 3.05) is 26.2 Å². The highest BCUT2D eigenvalue weighted by Crippen LogP contribution is 2.10. The van der Waals surface area contributed by atoms with Crippen LogP contribution in [0, 0.1) is 0 Å². The SMILES string of the molecule is CCn1c(=O)c(=O)n(CC(=O)NCCN2CCCC2)c2ccccc21. The molecular weight excluding hydrogens is 320 g/mol. The van der Waals surface area contributed by atoms with Gasteiger partial charge >= 0.3 is 11.1 Å². The molecule has 25 heavy (non-hydrogen) atoms. The molecule has 134 valence electrons. The molecule has 1 aliphatic rings. The van der Waals surface area contributed by atoms with E-state index in [4.69, 9.17) is 0 Å². The lowest BCUT2D eigenvalue weighted by atomic mass is 10.2. The number of fused-ring (bicyclic) bond motifs is 1. The summed E-state index contributed by atoms with van der Waals surface area (Å²) in [6.07, 6.45) is 2.42. The van der Waals surface area contributed by atoms with E-state index in [1.807, 2.05) is 13.0 Å². The largest absolute Gasteiger partial charge is 0.353 e. The molecule has 0 atom stereocenters. The number of carbonyl (C=O) groups excluding carboxylic acids is 1. The number of nitrogens with zero attached hydrogens (tertiary/aromatic N) is 3. The Hall–Kier alpha value is -2.41. The summed E-state index contributed by atoms with van der Waals surface area (Å²) in [6.45, 7) is 5.63. The maximum Gasteiger partial charge on any atom is 0.317 e. The van der Waals surface area contributed by atoms with E-state index in [0.717, 1.165) is 19.6 Å². The zero-order valence-electron chi connectivity index (χ0n) is 14.5. The molecule has 3 rings (SSSR count). The fraction of sp³-hybridized carbons (Fsp3) is 0.500. The lowest BCUT2D eigenvalue weighted by Crippen LogP contribution is -2.44. The van der Waals surface area contributed by atoms with Crippen molar-refractivity contribution >= 4 is 16.9 Å². The summed E-state index contributed by atoms with van der Waals surface area (Å²) in [5.74, 6) is -0.250. The summed E-state index contributed by atoms with van der Waals surface area (Å²) in [5, 5.41) is 2.85. The molecule has 7 heteroatoms. The molecule has 0 spiro atoms. The van der Waals surface area contributed by atoms with Crippen molar-refractivity contribution in [3.63, 3.8) is 0 Å². The Bertz CT molecular complexity index is 878. The maximum atomic E-state index is 12.4. The molecule has 1 saturated heterocycles. The Kier molecular flexibility index (Phi) is 5.33. The van der Waals surface area contributed by atoms with Crippen LogP contribution in [0.25, 0.3) is 11.0 Å². The number of carbonyl (C=O) groups is 1. The van der Waals surface area contributed by atoms with Gasteiger partial charge < -0.3 is 14.8 Å². The van der Waals surface area contributed by atoms with Crippen molar-refractivity contribution in [3.05, 3.63) is 45.0 Å². The number of rotatable bonds is 6. The first-order valence-electron chi connectivity index (χ1n) is 8.83. The topological polar surface area (TPSA) is 76.3 Å². The number of hydrogen-bond acceptors (Lipinski definition) is 4. The number of aromatic nitrogens is 2. The molecule has 0 saturated carbocycles. The second-order valence-electron chi connectivity index (χ2n) is 6.33. The second kappa shape index (κ2) is 7.65. The summed E-state index contributed by atoms with van der Waals surface area (Å²) in [4.78, 5) is 39.3. The average Bonchev–Trinajstić information content (AvgIpc) is 3.13. The highest BCUT2D eigenvalue weighted by atomic mass is 16.2. The standard InChI is InChI=1S/C18H24N4O3/c1-2-21-14-7-3-4-8-15(14)22(18(25)17(21)24)13-16(23)19-9-12-20-10-5-6-11-20/h3-4,7-8H,2,5-6,9-13H2,1H3,(H,19,23). The summed E-state index contributed by atoms with van der Waals surface area (Å²) < 4.78 is 2.72. The van der Waals surface area contributed by atoms with E-state index in [0.29, 0.717) is 24.1 Å². The minimum Gasteiger partial charge on any atom is -0.353 e. The van der Waals surface area contributed by atoms with Crippen LogP contribution in [-0.4, -0.2) is 46.1 Å². The van der Waals surface area contributed by atoms with Gasteiger partial charge in [0.05, 0.1) is 11.0 Å². The monoisotopic (exact) mass is 344 g/mol. The van der Waals surface area contributed by atoms with Crippen LogP contribution in [0.3, 0.4) is 0 Å². The van der Waals surface area contributed by atoms with Gasteiger partial charge in [-0.2, -0.15) is 0 Å². The Morgan fingerprint density at radius 3 is 2.28 bits per heavy atom. The van der Waals surface area contributed by atoms with E-state index in [2.05, 4.69) is 10.2 Å². The van der Waals surface area contributed by atoms with Crippen LogP contribution in [0.4, 0.5) is 0 Å². The molecule has 0 unspecified atom stereocenters. The van der Waals surface area contributed by atoms with E-state index in [-0.39, 0.29) is 12.5 Å². The van der Waals surface area contributed by atoms with Gasteiger partial charge in [-0.3, -0.25) is 19.0 Å². The first-order valence-corrected chi connectivity index (χ1v) is 8.83. The number of hydrogen-bond donors (Lipinski definition) is 1. The molecule has 2 aromatic rings. The van der Waals surface area contributed by atoms with Crippen LogP contribution in [0.2, 0.25) is 0 Å². The summed E-state index contributed by atoms with van der Waals surface area (Å²) >= 11 is 0. The molecule has 1 amide bonds. The summed E-state index contributed by atoms with van der Waals surface area (Å²) in [5.41, 5.74) is 0.0180. The molecule has 2 heterocycles. The molecule has 1 fully saturated rings. The van der Waals surface area contributed by atoms with Gasteiger partial charge in [-0.15, -0.1) is 0 Å². The fourth-order valence-electron chi connectivity index (χ4n) is 3.40. The van der Waals surface area contributed by atoms with Crippen LogP contribution in [0.1, 0.15) is 19.8 Å². The molecule has 1 aliphatic heterocycles. The molecule has 7 nitrogen and oxygen atoms in total. The Balaban J connectivity index is 1.78. The molecular formula is C18H24N4O3. The first-order chi connectivity index (χ1) is 12.1. The van der Waals surface area contributed by atoms with Crippen LogP contribution in [0.15, 0.2) is 33.9 Å². The van der Waals surface area contributed by atoms with Gasteiger partial charge in [-0.1, -0.05) is 12.1 Å². The number of para-hydroxylation sites is 2. The summed E-state index contributed by atoms with van der Waals surface area (Å²) in [6, 6.07) is 7.17. The van der Waals surface area contributed by atoms with Gasteiger partial charge in [0, 0.05) is 19.6 Å². The number of benzene rings is 1. The Morgan fingerprint density at radius 2 is 1.64 bits per heavy atom. The van der Waals surface area contributed by atoms with Crippen molar-refractivity contribution in [2.24, 2.45) is 0 Å². The zero-order valence-corrected chi connectivity index (χ0v) is 14.5. The average molecular weight is 344 g/mol. The van der Waals surface area contributed by atoms with E-state index < -0.39 is 11.1 Å². The molecule has 0 radical (unpaired) electrons. The minimum absolute atomic E-state index is 0.140. The molecule has 1 aromatic heterocycles. The Morgan fingerprint density at radius 1 is 1.04 bits per heavy atom. The third-order valence-electron chi connectivity index (χ3n) is 4.70. The van der Waals surface area contributed by atoms with Crippen LogP contribution in [-0.2, 0) is 17.9 Å². The number of amides is 1. The van der Waals surface area contributed by atoms with Crippen molar-refractivity contribution in [2.45, 2.75) is 32.9 Å².